The fourth-order valence-electron chi connectivity index (χ4n) is 1.77. The molecule has 1 nitrogen and oxygen atoms in total. The lowest BCUT2D eigenvalue weighted by Crippen LogP contribution is -2.16. The Balaban J connectivity index is 2.82. The minimum atomic E-state index is 0.159. The van der Waals surface area contributed by atoms with Crippen molar-refractivity contribution in [2.45, 2.75) is 45.9 Å². The average Bonchev–Trinajstić information content (AvgIpc) is 2.20. The molecule has 0 heterocycles. The molecule has 0 aliphatic rings. The molecule has 2 N–H and O–H groups in total. The first-order valence-corrected chi connectivity index (χ1v) is 6.91. The van der Waals surface area contributed by atoms with E-state index < -0.39 is 0 Å². The van der Waals surface area contributed by atoms with E-state index in [1.807, 2.05) is 11.8 Å². The largest absolute Gasteiger partial charge is 0.323 e. The van der Waals surface area contributed by atoms with Crippen LogP contribution in [-0.2, 0) is 0 Å². The zero-order chi connectivity index (χ0) is 12.3. The van der Waals surface area contributed by atoms with Gasteiger partial charge in [-0.05, 0) is 48.3 Å². The van der Waals surface area contributed by atoms with Gasteiger partial charge in [-0.3, -0.25) is 0 Å². The minimum Gasteiger partial charge on any atom is -0.323 e. The summed E-state index contributed by atoms with van der Waals surface area (Å²) in [7, 11) is 0. The highest BCUT2D eigenvalue weighted by molar-refractivity contribution is 7.99. The van der Waals surface area contributed by atoms with Gasteiger partial charge < -0.3 is 5.73 Å². The molecular weight excluding hydrogens is 214 g/mol. The lowest BCUT2D eigenvalue weighted by Gasteiger charge is -2.17. The van der Waals surface area contributed by atoms with Crippen LogP contribution in [0.4, 0.5) is 0 Å². The van der Waals surface area contributed by atoms with Gasteiger partial charge in [0.15, 0.2) is 0 Å². The summed E-state index contributed by atoms with van der Waals surface area (Å²) < 4.78 is 0. The Morgan fingerprint density at radius 2 is 1.62 bits per heavy atom. The molecule has 1 unspecified atom stereocenters. The van der Waals surface area contributed by atoms with Crippen molar-refractivity contribution in [2.75, 3.05) is 5.75 Å². The lowest BCUT2D eigenvalue weighted by molar-refractivity contribution is 0.817. The van der Waals surface area contributed by atoms with Gasteiger partial charge in [-0.1, -0.05) is 26.0 Å². The van der Waals surface area contributed by atoms with Crippen LogP contribution in [0.25, 0.3) is 0 Å². The molecule has 0 amide bonds. The summed E-state index contributed by atoms with van der Waals surface area (Å²) in [5.74, 6) is 1.00. The number of hydrogen-bond donors (Lipinski definition) is 1. The molecule has 0 aliphatic heterocycles. The van der Waals surface area contributed by atoms with Crippen LogP contribution in [0.2, 0.25) is 0 Å². The molecule has 0 aromatic heterocycles. The summed E-state index contributed by atoms with van der Waals surface area (Å²) in [5, 5.41) is 0.651. The standard InChI is InChI=1S/C14H23NS/c1-9(2)16-8-14(15)13-7-11(4)10(3)6-12(13)5/h6-7,9,14H,8,15H2,1-5H3. The molecule has 16 heavy (non-hydrogen) atoms. The van der Waals surface area contributed by atoms with Crippen LogP contribution in [-0.4, -0.2) is 11.0 Å². The first kappa shape index (κ1) is 13.6. The first-order valence-electron chi connectivity index (χ1n) is 5.86. The summed E-state index contributed by atoms with van der Waals surface area (Å²) in [4.78, 5) is 0. The zero-order valence-corrected chi connectivity index (χ0v) is 11.8. The van der Waals surface area contributed by atoms with Gasteiger partial charge in [0.1, 0.15) is 0 Å². The Morgan fingerprint density at radius 1 is 1.06 bits per heavy atom. The van der Waals surface area contributed by atoms with E-state index >= 15 is 0 Å². The molecule has 0 radical (unpaired) electrons. The SMILES string of the molecule is Cc1cc(C)c(C(N)CSC(C)C)cc1C. The summed E-state index contributed by atoms with van der Waals surface area (Å²) in [6, 6.07) is 4.65. The molecule has 1 aromatic carbocycles. The van der Waals surface area contributed by atoms with Crippen molar-refractivity contribution in [2.24, 2.45) is 5.73 Å². The first-order chi connectivity index (χ1) is 7.41. The highest BCUT2D eigenvalue weighted by atomic mass is 32.2. The molecule has 0 bridgehead atoms. The van der Waals surface area contributed by atoms with E-state index in [-0.39, 0.29) is 6.04 Å². The maximum atomic E-state index is 6.24. The van der Waals surface area contributed by atoms with Crippen molar-refractivity contribution >= 4 is 11.8 Å². The van der Waals surface area contributed by atoms with E-state index in [0.29, 0.717) is 5.25 Å². The van der Waals surface area contributed by atoms with Crippen LogP contribution >= 0.6 is 11.8 Å². The predicted octanol–water partition coefficient (Wildman–Crippen LogP) is 3.75. The van der Waals surface area contributed by atoms with Gasteiger partial charge in [-0.25, -0.2) is 0 Å². The van der Waals surface area contributed by atoms with Crippen LogP contribution in [0.3, 0.4) is 0 Å². The third-order valence-electron chi connectivity index (χ3n) is 2.89. The summed E-state index contributed by atoms with van der Waals surface area (Å²) in [6.45, 7) is 10.9. The van der Waals surface area contributed by atoms with E-state index in [0.717, 1.165) is 5.75 Å². The number of rotatable bonds is 4. The van der Waals surface area contributed by atoms with E-state index in [9.17, 15) is 0 Å². The Labute approximate surface area is 104 Å². The molecule has 1 rings (SSSR count). The molecule has 90 valence electrons. The molecule has 0 fully saturated rings. The second-order valence-electron chi connectivity index (χ2n) is 4.78. The van der Waals surface area contributed by atoms with Gasteiger partial charge in [0.2, 0.25) is 0 Å². The van der Waals surface area contributed by atoms with Gasteiger partial charge in [0.25, 0.3) is 0 Å². The van der Waals surface area contributed by atoms with E-state index in [1.54, 1.807) is 0 Å². The monoisotopic (exact) mass is 237 g/mol. The van der Waals surface area contributed by atoms with Crippen molar-refractivity contribution < 1.29 is 0 Å². The van der Waals surface area contributed by atoms with Crippen molar-refractivity contribution in [3.63, 3.8) is 0 Å². The Hall–Kier alpha value is -0.470. The van der Waals surface area contributed by atoms with Crippen molar-refractivity contribution in [1.82, 2.24) is 0 Å². The molecule has 0 aliphatic carbocycles. The predicted molar refractivity (Wildman–Crippen MR) is 75.2 cm³/mol. The number of benzene rings is 1. The van der Waals surface area contributed by atoms with Crippen LogP contribution < -0.4 is 5.73 Å². The number of nitrogens with two attached hydrogens (primary N) is 1. The molecule has 1 aromatic rings. The summed E-state index contributed by atoms with van der Waals surface area (Å²) in [6.07, 6.45) is 0. The highest BCUT2D eigenvalue weighted by Crippen LogP contribution is 2.24. The van der Waals surface area contributed by atoms with Gasteiger partial charge >= 0.3 is 0 Å². The molecular formula is C14H23NS. The Morgan fingerprint density at radius 3 is 2.19 bits per heavy atom. The molecule has 2 heteroatoms. The quantitative estimate of drug-likeness (QED) is 0.863. The Kier molecular flexibility index (Phi) is 4.88. The van der Waals surface area contributed by atoms with Crippen LogP contribution in [0, 0.1) is 20.8 Å². The topological polar surface area (TPSA) is 26.0 Å². The highest BCUT2D eigenvalue weighted by Gasteiger charge is 2.11. The summed E-state index contributed by atoms with van der Waals surface area (Å²) >= 11 is 1.93. The second-order valence-corrected chi connectivity index (χ2v) is 6.39. The minimum absolute atomic E-state index is 0.159. The number of aryl methyl sites for hydroxylation is 3. The maximum Gasteiger partial charge on any atom is 0.0389 e. The fraction of sp³-hybridized carbons (Fsp3) is 0.571. The summed E-state index contributed by atoms with van der Waals surface area (Å²) in [5.41, 5.74) is 11.6. The van der Waals surface area contributed by atoms with Gasteiger partial charge in [-0.15, -0.1) is 0 Å². The van der Waals surface area contributed by atoms with Gasteiger partial charge in [0, 0.05) is 11.8 Å². The van der Waals surface area contributed by atoms with Crippen LogP contribution in [0.15, 0.2) is 12.1 Å². The number of hydrogen-bond acceptors (Lipinski definition) is 2. The third-order valence-corrected chi connectivity index (χ3v) is 4.11. The third kappa shape index (κ3) is 3.53. The number of thioether (sulfide) groups is 1. The fourth-order valence-corrected chi connectivity index (χ4v) is 2.54. The van der Waals surface area contributed by atoms with Crippen molar-refractivity contribution in [3.05, 3.63) is 34.4 Å². The molecule has 0 saturated heterocycles. The van der Waals surface area contributed by atoms with E-state index in [4.69, 9.17) is 5.73 Å². The smallest absolute Gasteiger partial charge is 0.0389 e. The van der Waals surface area contributed by atoms with Crippen LogP contribution in [0.5, 0.6) is 0 Å². The van der Waals surface area contributed by atoms with E-state index in [1.165, 1.54) is 22.3 Å². The average molecular weight is 237 g/mol. The molecule has 1 atom stereocenters. The maximum absolute atomic E-state index is 6.24. The van der Waals surface area contributed by atoms with Crippen molar-refractivity contribution in [3.8, 4) is 0 Å². The molecule has 0 saturated carbocycles. The van der Waals surface area contributed by atoms with Crippen LogP contribution in [0.1, 0.15) is 42.1 Å². The van der Waals surface area contributed by atoms with Crippen molar-refractivity contribution in [1.29, 1.82) is 0 Å². The Bertz CT molecular complexity index is 358. The van der Waals surface area contributed by atoms with Gasteiger partial charge in [0.05, 0.1) is 0 Å². The normalized spacial score (nSPS) is 13.2. The second kappa shape index (κ2) is 5.74. The van der Waals surface area contributed by atoms with E-state index in [2.05, 4.69) is 46.8 Å². The van der Waals surface area contributed by atoms with Gasteiger partial charge in [-0.2, -0.15) is 11.8 Å². The lowest BCUT2D eigenvalue weighted by atomic mass is 9.97. The molecule has 0 spiro atoms. The zero-order valence-electron chi connectivity index (χ0n) is 11.0.